The molecule has 0 saturated carbocycles. The van der Waals surface area contributed by atoms with Crippen molar-refractivity contribution in [3.8, 4) is 0 Å². The summed E-state index contributed by atoms with van der Waals surface area (Å²) < 4.78 is 3.02. The zero-order valence-electron chi connectivity index (χ0n) is 20.7. The summed E-state index contributed by atoms with van der Waals surface area (Å²) >= 11 is 3.53. The van der Waals surface area contributed by atoms with Crippen molar-refractivity contribution in [1.82, 2.24) is 19.4 Å². The summed E-state index contributed by atoms with van der Waals surface area (Å²) in [5, 5.41) is 0.746. The van der Waals surface area contributed by atoms with Crippen LogP contribution < -0.4 is 16.1 Å². The van der Waals surface area contributed by atoms with Gasteiger partial charge in [0, 0.05) is 72.8 Å². The van der Waals surface area contributed by atoms with Gasteiger partial charge in [0.2, 0.25) is 0 Å². The van der Waals surface area contributed by atoms with E-state index in [2.05, 4.69) is 52.4 Å². The Balaban J connectivity index is 1.48. The highest BCUT2D eigenvalue weighted by Gasteiger charge is 2.27. The first-order valence-electron chi connectivity index (χ1n) is 12.3. The van der Waals surface area contributed by atoms with E-state index in [1.165, 1.54) is 5.56 Å². The van der Waals surface area contributed by atoms with Crippen LogP contribution >= 0.6 is 15.9 Å². The third-order valence-electron chi connectivity index (χ3n) is 6.99. The average Bonchev–Trinajstić information content (AvgIpc) is 2.87. The minimum atomic E-state index is 0.0990. The predicted octanol–water partition coefficient (Wildman–Crippen LogP) is 4.65. The summed E-state index contributed by atoms with van der Waals surface area (Å²) in [4.78, 5) is 27.0. The van der Waals surface area contributed by atoms with Gasteiger partial charge in [0.15, 0.2) is 5.43 Å². The quantitative estimate of drug-likeness (QED) is 0.379. The van der Waals surface area contributed by atoms with Crippen LogP contribution in [0.2, 0.25) is 0 Å². The van der Waals surface area contributed by atoms with Gasteiger partial charge < -0.3 is 15.2 Å². The van der Waals surface area contributed by atoms with Gasteiger partial charge in [-0.2, -0.15) is 0 Å². The SMILES string of the molecule is Cc1cc(CN(Cc2cn(C)c3cc(Br)ccc3c2=O)C2CCCN(c3ccc(N)nc3)C2)ccn1. The number of aryl methyl sites for hydroxylation is 2. The van der Waals surface area contributed by atoms with Crippen molar-refractivity contribution < 1.29 is 0 Å². The van der Waals surface area contributed by atoms with Gasteiger partial charge in [-0.1, -0.05) is 15.9 Å². The van der Waals surface area contributed by atoms with Gasteiger partial charge in [-0.3, -0.25) is 14.7 Å². The molecule has 1 saturated heterocycles. The fourth-order valence-corrected chi connectivity index (χ4v) is 5.53. The van der Waals surface area contributed by atoms with E-state index in [4.69, 9.17) is 5.73 Å². The largest absolute Gasteiger partial charge is 0.384 e. The lowest BCUT2D eigenvalue weighted by Crippen LogP contribution is -2.48. The number of hydrogen-bond donors (Lipinski definition) is 1. The molecule has 8 heteroatoms. The van der Waals surface area contributed by atoms with Crippen LogP contribution in [0.5, 0.6) is 0 Å². The molecule has 36 heavy (non-hydrogen) atoms. The Morgan fingerprint density at radius 1 is 1.14 bits per heavy atom. The lowest BCUT2D eigenvalue weighted by atomic mass is 10.0. The molecule has 0 spiro atoms. The fraction of sp³-hybridized carbons (Fsp3) is 0.321. The number of nitrogen functional groups attached to an aromatic ring is 1. The van der Waals surface area contributed by atoms with Crippen molar-refractivity contribution in [1.29, 1.82) is 0 Å². The Labute approximate surface area is 219 Å². The molecule has 0 bridgehead atoms. The molecule has 2 N–H and O–H groups in total. The standard InChI is InChI=1S/C28H31BrN6O/c1-19-12-20(9-10-31-19)15-35(24-4-3-11-34(18-24)23-6-8-27(30)32-14-23)17-21-16-33(2)26-13-22(29)5-7-25(26)28(21)36/h5-10,12-14,16,24H,3-4,11,15,17-18H2,1-2H3,(H2,30,32). The number of hydrogen-bond acceptors (Lipinski definition) is 6. The molecule has 1 fully saturated rings. The normalized spacial score (nSPS) is 16.1. The summed E-state index contributed by atoms with van der Waals surface area (Å²) in [5.74, 6) is 0.529. The van der Waals surface area contributed by atoms with Gasteiger partial charge in [0.25, 0.3) is 0 Å². The van der Waals surface area contributed by atoms with Crippen LogP contribution in [0.15, 0.2) is 70.3 Å². The molecule has 4 aromatic rings. The zero-order chi connectivity index (χ0) is 25.2. The van der Waals surface area contributed by atoms with Crippen molar-refractivity contribution in [3.63, 3.8) is 0 Å². The van der Waals surface area contributed by atoms with Crippen molar-refractivity contribution in [2.24, 2.45) is 7.05 Å². The van der Waals surface area contributed by atoms with Gasteiger partial charge in [-0.05, 0) is 67.8 Å². The monoisotopic (exact) mass is 546 g/mol. The number of rotatable bonds is 6. The van der Waals surface area contributed by atoms with E-state index in [9.17, 15) is 4.79 Å². The number of aromatic nitrogens is 3. The van der Waals surface area contributed by atoms with Crippen LogP contribution in [0.4, 0.5) is 11.5 Å². The molecule has 5 rings (SSSR count). The Bertz CT molecular complexity index is 1430. The number of nitrogens with zero attached hydrogens (tertiary/aromatic N) is 5. The van der Waals surface area contributed by atoms with Crippen molar-refractivity contribution in [3.05, 3.63) is 92.6 Å². The van der Waals surface area contributed by atoms with Crippen LogP contribution in [0.25, 0.3) is 10.9 Å². The molecule has 1 aromatic carbocycles. The van der Waals surface area contributed by atoms with Gasteiger partial charge in [0.1, 0.15) is 5.82 Å². The molecular weight excluding hydrogens is 516 g/mol. The summed E-state index contributed by atoms with van der Waals surface area (Å²) in [6, 6.07) is 14.2. The number of anilines is 2. The second-order valence-corrected chi connectivity index (χ2v) is 10.6. The highest BCUT2D eigenvalue weighted by Crippen LogP contribution is 2.25. The Morgan fingerprint density at radius 2 is 2.00 bits per heavy atom. The van der Waals surface area contributed by atoms with E-state index in [-0.39, 0.29) is 11.5 Å². The molecule has 1 aliphatic heterocycles. The van der Waals surface area contributed by atoms with Gasteiger partial charge in [-0.25, -0.2) is 4.98 Å². The van der Waals surface area contributed by atoms with Gasteiger partial charge in [-0.15, -0.1) is 0 Å². The predicted molar refractivity (Wildman–Crippen MR) is 149 cm³/mol. The first-order valence-corrected chi connectivity index (χ1v) is 13.1. The molecule has 186 valence electrons. The van der Waals surface area contributed by atoms with E-state index < -0.39 is 0 Å². The van der Waals surface area contributed by atoms with Gasteiger partial charge in [0.05, 0.1) is 17.4 Å². The third kappa shape index (κ3) is 5.29. The molecule has 3 aromatic heterocycles. The molecule has 1 aliphatic rings. The average molecular weight is 548 g/mol. The summed E-state index contributed by atoms with van der Waals surface area (Å²) in [7, 11) is 2.00. The molecule has 0 radical (unpaired) electrons. The summed E-state index contributed by atoms with van der Waals surface area (Å²) in [6.07, 6.45) is 7.86. The highest BCUT2D eigenvalue weighted by atomic mass is 79.9. The van der Waals surface area contributed by atoms with Crippen molar-refractivity contribution in [2.75, 3.05) is 23.7 Å². The lowest BCUT2D eigenvalue weighted by Gasteiger charge is -2.40. The smallest absolute Gasteiger partial charge is 0.193 e. The van der Waals surface area contributed by atoms with Crippen LogP contribution in [-0.2, 0) is 20.1 Å². The minimum absolute atomic E-state index is 0.0990. The number of benzene rings is 1. The molecule has 1 unspecified atom stereocenters. The number of piperidine rings is 1. The molecule has 0 amide bonds. The van der Waals surface area contributed by atoms with Crippen LogP contribution in [0.1, 0.15) is 29.7 Å². The maximum atomic E-state index is 13.5. The molecule has 4 heterocycles. The highest BCUT2D eigenvalue weighted by molar-refractivity contribution is 9.10. The topological polar surface area (TPSA) is 80.3 Å². The Kier molecular flexibility index (Phi) is 7.07. The second kappa shape index (κ2) is 10.4. The van der Waals surface area contributed by atoms with E-state index in [1.54, 1.807) is 0 Å². The van der Waals surface area contributed by atoms with E-state index >= 15 is 0 Å². The van der Waals surface area contributed by atoms with Crippen LogP contribution in [-0.4, -0.2) is 38.6 Å². The van der Waals surface area contributed by atoms with Crippen molar-refractivity contribution in [2.45, 2.75) is 38.9 Å². The lowest BCUT2D eigenvalue weighted by molar-refractivity contribution is 0.158. The maximum absolute atomic E-state index is 13.5. The first-order chi connectivity index (χ1) is 17.4. The van der Waals surface area contributed by atoms with Crippen molar-refractivity contribution >= 4 is 38.3 Å². The fourth-order valence-electron chi connectivity index (χ4n) is 5.18. The molecule has 0 aliphatic carbocycles. The van der Waals surface area contributed by atoms with Gasteiger partial charge >= 0.3 is 0 Å². The second-order valence-electron chi connectivity index (χ2n) is 9.65. The Hall–Kier alpha value is -3.23. The van der Waals surface area contributed by atoms with Crippen LogP contribution in [0.3, 0.4) is 0 Å². The summed E-state index contributed by atoms with van der Waals surface area (Å²) in [6.45, 7) is 5.21. The zero-order valence-corrected chi connectivity index (χ0v) is 22.3. The third-order valence-corrected chi connectivity index (χ3v) is 7.49. The molecule has 7 nitrogen and oxygen atoms in total. The molecular formula is C28H31BrN6O. The molecule has 1 atom stereocenters. The number of pyridine rings is 3. The first kappa shape index (κ1) is 24.5. The number of fused-ring (bicyclic) bond motifs is 1. The van der Waals surface area contributed by atoms with E-state index in [0.29, 0.717) is 12.4 Å². The number of halogens is 1. The summed E-state index contributed by atoms with van der Waals surface area (Å²) in [5.41, 5.74) is 10.9. The minimum Gasteiger partial charge on any atom is -0.384 e. The number of nitrogens with two attached hydrogens (primary N) is 1. The maximum Gasteiger partial charge on any atom is 0.193 e. The van der Waals surface area contributed by atoms with E-state index in [1.807, 2.05) is 62.9 Å². The van der Waals surface area contributed by atoms with E-state index in [0.717, 1.165) is 64.8 Å². The Morgan fingerprint density at radius 3 is 2.78 bits per heavy atom. The van der Waals surface area contributed by atoms with Crippen LogP contribution in [0, 0.1) is 6.92 Å².